The van der Waals surface area contributed by atoms with Gasteiger partial charge in [0.1, 0.15) is 22.2 Å². The number of aryl methyl sites for hydroxylation is 1. The SMILES string of the molecule is Cc1nc(SCC(=O)c2cc3ccccc3oc2=O)c(C#N)c(C)c1C. The van der Waals surface area contributed by atoms with Gasteiger partial charge in [0, 0.05) is 11.1 Å². The van der Waals surface area contributed by atoms with Crippen LogP contribution in [0.25, 0.3) is 11.0 Å². The van der Waals surface area contributed by atoms with Gasteiger partial charge in [-0.25, -0.2) is 9.78 Å². The minimum absolute atomic E-state index is 0.00667. The average molecular weight is 364 g/mol. The molecular weight excluding hydrogens is 348 g/mol. The summed E-state index contributed by atoms with van der Waals surface area (Å²) in [4.78, 5) is 29.1. The Morgan fingerprint density at radius 3 is 2.69 bits per heavy atom. The lowest BCUT2D eigenvalue weighted by Gasteiger charge is -2.10. The third-order valence-electron chi connectivity index (χ3n) is 4.36. The fourth-order valence-corrected chi connectivity index (χ4v) is 3.58. The number of hydrogen-bond acceptors (Lipinski definition) is 6. The number of carbonyl (C=O) groups is 1. The predicted octanol–water partition coefficient (Wildman–Crippen LogP) is 3.96. The summed E-state index contributed by atoms with van der Waals surface area (Å²) in [5, 5.41) is 10.6. The normalized spacial score (nSPS) is 10.7. The number of para-hydroxylation sites is 1. The van der Waals surface area contributed by atoms with E-state index in [9.17, 15) is 14.9 Å². The third kappa shape index (κ3) is 3.26. The molecule has 2 aromatic heterocycles. The molecule has 0 saturated heterocycles. The molecule has 130 valence electrons. The van der Waals surface area contributed by atoms with Crippen LogP contribution in [0.1, 0.15) is 32.7 Å². The van der Waals surface area contributed by atoms with Gasteiger partial charge in [0.2, 0.25) is 0 Å². The van der Waals surface area contributed by atoms with E-state index in [-0.39, 0.29) is 17.1 Å². The number of fused-ring (bicyclic) bond motifs is 1. The molecule has 0 saturated carbocycles. The predicted molar refractivity (Wildman–Crippen MR) is 101 cm³/mol. The zero-order valence-electron chi connectivity index (χ0n) is 14.6. The van der Waals surface area contributed by atoms with E-state index in [1.807, 2.05) is 26.8 Å². The molecule has 0 aliphatic rings. The van der Waals surface area contributed by atoms with Crippen LogP contribution in [0.2, 0.25) is 0 Å². The van der Waals surface area contributed by atoms with Crippen LogP contribution in [0.4, 0.5) is 0 Å². The van der Waals surface area contributed by atoms with Crippen molar-refractivity contribution in [3.05, 3.63) is 68.7 Å². The van der Waals surface area contributed by atoms with Gasteiger partial charge < -0.3 is 4.42 Å². The van der Waals surface area contributed by atoms with E-state index in [0.29, 0.717) is 21.6 Å². The van der Waals surface area contributed by atoms with Crippen LogP contribution in [0.5, 0.6) is 0 Å². The number of rotatable bonds is 4. The van der Waals surface area contributed by atoms with Gasteiger partial charge in [0.05, 0.1) is 11.3 Å². The molecule has 6 heteroatoms. The molecule has 0 aliphatic heterocycles. The first-order valence-electron chi connectivity index (χ1n) is 7.99. The molecule has 0 amide bonds. The number of aromatic nitrogens is 1. The number of nitrogens with zero attached hydrogens (tertiary/aromatic N) is 2. The maximum Gasteiger partial charge on any atom is 0.347 e. The fourth-order valence-electron chi connectivity index (χ4n) is 2.62. The molecule has 0 unspecified atom stereocenters. The first kappa shape index (κ1) is 17.9. The van der Waals surface area contributed by atoms with Crippen molar-refractivity contribution in [3.63, 3.8) is 0 Å². The van der Waals surface area contributed by atoms with Crippen molar-refractivity contribution in [1.29, 1.82) is 5.26 Å². The summed E-state index contributed by atoms with van der Waals surface area (Å²) >= 11 is 1.16. The summed E-state index contributed by atoms with van der Waals surface area (Å²) in [6.45, 7) is 5.65. The first-order valence-corrected chi connectivity index (χ1v) is 8.97. The summed E-state index contributed by atoms with van der Waals surface area (Å²) in [6, 6.07) is 10.7. The molecule has 0 atom stereocenters. The highest BCUT2D eigenvalue weighted by atomic mass is 32.2. The highest BCUT2D eigenvalue weighted by Crippen LogP contribution is 2.27. The molecule has 0 bridgehead atoms. The highest BCUT2D eigenvalue weighted by molar-refractivity contribution is 8.00. The standard InChI is InChI=1S/C20H16N2O3S/c1-11-12(2)16(9-21)19(22-13(11)3)26-10-17(23)15-8-14-6-4-5-7-18(14)25-20(15)24/h4-8H,10H2,1-3H3. The highest BCUT2D eigenvalue weighted by Gasteiger charge is 2.17. The zero-order chi connectivity index (χ0) is 18.8. The maximum atomic E-state index is 12.5. The van der Waals surface area contributed by atoms with Gasteiger partial charge in [-0.1, -0.05) is 30.0 Å². The molecule has 0 aliphatic carbocycles. The number of Topliss-reactive ketones (excluding diaryl/α,β-unsaturated/α-hetero) is 1. The number of thioether (sulfide) groups is 1. The molecule has 1 aromatic carbocycles. The van der Waals surface area contributed by atoms with Crippen molar-refractivity contribution in [2.75, 3.05) is 5.75 Å². The molecular formula is C20H16N2O3S. The van der Waals surface area contributed by atoms with E-state index in [1.165, 1.54) is 0 Å². The van der Waals surface area contributed by atoms with E-state index in [2.05, 4.69) is 11.1 Å². The zero-order valence-corrected chi connectivity index (χ0v) is 15.4. The number of nitriles is 1. The van der Waals surface area contributed by atoms with Crippen LogP contribution in [-0.2, 0) is 0 Å². The number of benzene rings is 1. The topological polar surface area (TPSA) is 84.0 Å². The maximum absolute atomic E-state index is 12.5. The van der Waals surface area contributed by atoms with Gasteiger partial charge in [-0.15, -0.1) is 0 Å². The number of carbonyl (C=O) groups excluding carboxylic acids is 1. The van der Waals surface area contributed by atoms with E-state index < -0.39 is 5.63 Å². The van der Waals surface area contributed by atoms with Gasteiger partial charge >= 0.3 is 5.63 Å². The minimum atomic E-state index is -0.654. The summed E-state index contributed by atoms with van der Waals surface area (Å²) in [6.07, 6.45) is 0. The summed E-state index contributed by atoms with van der Waals surface area (Å²) in [7, 11) is 0. The molecule has 26 heavy (non-hydrogen) atoms. The van der Waals surface area contributed by atoms with Crippen LogP contribution in [0, 0.1) is 32.1 Å². The lowest BCUT2D eigenvalue weighted by atomic mass is 10.1. The Balaban J connectivity index is 1.90. The second kappa shape index (κ2) is 7.14. The van der Waals surface area contributed by atoms with E-state index in [1.54, 1.807) is 24.3 Å². The Hall–Kier alpha value is -2.91. The van der Waals surface area contributed by atoms with Crippen molar-refractivity contribution in [1.82, 2.24) is 4.98 Å². The van der Waals surface area contributed by atoms with Gasteiger partial charge in [-0.2, -0.15) is 5.26 Å². The van der Waals surface area contributed by atoms with Crippen molar-refractivity contribution in [3.8, 4) is 6.07 Å². The van der Waals surface area contributed by atoms with Crippen molar-refractivity contribution in [2.24, 2.45) is 0 Å². The lowest BCUT2D eigenvalue weighted by Crippen LogP contribution is -2.15. The molecule has 2 heterocycles. The fraction of sp³-hybridized carbons (Fsp3) is 0.200. The molecule has 3 aromatic rings. The number of pyridine rings is 1. The summed E-state index contributed by atoms with van der Waals surface area (Å²) in [5.74, 6) is -0.344. The molecule has 0 spiro atoms. The monoisotopic (exact) mass is 364 g/mol. The largest absolute Gasteiger partial charge is 0.422 e. The Labute approximate surface area is 154 Å². The van der Waals surface area contributed by atoms with Crippen LogP contribution in [0.15, 0.2) is 44.6 Å². The number of hydrogen-bond donors (Lipinski definition) is 0. The quantitative estimate of drug-likeness (QED) is 0.396. The van der Waals surface area contributed by atoms with Crippen molar-refractivity contribution < 1.29 is 9.21 Å². The van der Waals surface area contributed by atoms with Crippen LogP contribution >= 0.6 is 11.8 Å². The molecule has 5 nitrogen and oxygen atoms in total. The Morgan fingerprint density at radius 2 is 1.96 bits per heavy atom. The molecule has 0 radical (unpaired) electrons. The second-order valence-electron chi connectivity index (χ2n) is 5.94. The third-order valence-corrected chi connectivity index (χ3v) is 5.33. The molecule has 0 fully saturated rings. The molecule has 0 N–H and O–H groups in total. The number of ketones is 1. The van der Waals surface area contributed by atoms with E-state index >= 15 is 0 Å². The average Bonchev–Trinajstić information content (AvgIpc) is 2.63. The Kier molecular flexibility index (Phi) is 4.92. The van der Waals surface area contributed by atoms with Crippen LogP contribution in [0.3, 0.4) is 0 Å². The smallest absolute Gasteiger partial charge is 0.347 e. The Morgan fingerprint density at radius 1 is 1.23 bits per heavy atom. The lowest BCUT2D eigenvalue weighted by molar-refractivity contribution is 0.101. The van der Waals surface area contributed by atoms with Crippen LogP contribution < -0.4 is 5.63 Å². The molecule has 3 rings (SSSR count). The van der Waals surface area contributed by atoms with E-state index in [4.69, 9.17) is 4.42 Å². The van der Waals surface area contributed by atoms with Gasteiger partial charge in [-0.3, -0.25) is 4.79 Å². The van der Waals surface area contributed by atoms with Gasteiger partial charge in [0.15, 0.2) is 5.78 Å². The Bertz CT molecular complexity index is 1130. The summed E-state index contributed by atoms with van der Waals surface area (Å²) in [5.41, 5.74) is 2.92. The summed E-state index contributed by atoms with van der Waals surface area (Å²) < 4.78 is 5.21. The van der Waals surface area contributed by atoms with Crippen molar-refractivity contribution >= 4 is 28.5 Å². The van der Waals surface area contributed by atoms with Crippen LogP contribution in [-0.4, -0.2) is 16.5 Å². The van der Waals surface area contributed by atoms with E-state index in [0.717, 1.165) is 28.6 Å². The van der Waals surface area contributed by atoms with Gasteiger partial charge in [-0.05, 0) is 44.0 Å². The minimum Gasteiger partial charge on any atom is -0.422 e. The first-order chi connectivity index (χ1) is 12.4. The van der Waals surface area contributed by atoms with Gasteiger partial charge in [0.25, 0.3) is 0 Å². The second-order valence-corrected chi connectivity index (χ2v) is 6.90. The van der Waals surface area contributed by atoms with Crippen molar-refractivity contribution in [2.45, 2.75) is 25.8 Å².